The van der Waals surface area contributed by atoms with Crippen molar-refractivity contribution in [2.75, 3.05) is 11.9 Å². The van der Waals surface area contributed by atoms with Gasteiger partial charge in [-0.1, -0.05) is 11.6 Å². The van der Waals surface area contributed by atoms with Gasteiger partial charge in [0.2, 0.25) is 5.91 Å². The third-order valence-corrected chi connectivity index (χ3v) is 2.81. The molecule has 0 aliphatic carbocycles. The Bertz CT molecular complexity index is 564. The van der Waals surface area contributed by atoms with Gasteiger partial charge in [-0.05, 0) is 19.1 Å². The second-order valence-electron chi connectivity index (χ2n) is 4.03. The van der Waals surface area contributed by atoms with Gasteiger partial charge in [-0.3, -0.25) is 15.2 Å². The molecule has 1 amide bonds. The lowest BCUT2D eigenvalue weighted by Gasteiger charge is -2.22. The van der Waals surface area contributed by atoms with Gasteiger partial charge in [-0.2, -0.15) is 5.26 Å². The van der Waals surface area contributed by atoms with Gasteiger partial charge in [0, 0.05) is 31.8 Å². The van der Waals surface area contributed by atoms with E-state index in [-0.39, 0.29) is 29.6 Å². The van der Waals surface area contributed by atoms with Crippen molar-refractivity contribution in [1.82, 2.24) is 9.88 Å². The molecule has 0 unspecified atom stereocenters. The standard InChI is InChI=1S/C14H16ClN5O/c1-2-20(13(21)6-3-7-16)12(14(15)17)10-19-11-5-4-8-18-9-11/h4-5,8-10,17,19H,2-3,6H2,1H3/b12-10+,17-14?. The molecule has 21 heavy (non-hydrogen) atoms. The highest BCUT2D eigenvalue weighted by molar-refractivity contribution is 6.68. The number of nitrogens with zero attached hydrogens (tertiary/aromatic N) is 3. The maximum Gasteiger partial charge on any atom is 0.228 e. The van der Waals surface area contributed by atoms with Gasteiger partial charge >= 0.3 is 0 Å². The Morgan fingerprint density at radius 2 is 2.43 bits per heavy atom. The van der Waals surface area contributed by atoms with E-state index in [2.05, 4.69) is 10.3 Å². The summed E-state index contributed by atoms with van der Waals surface area (Å²) >= 11 is 5.76. The highest BCUT2D eigenvalue weighted by Gasteiger charge is 2.18. The Morgan fingerprint density at radius 3 is 2.95 bits per heavy atom. The quantitative estimate of drug-likeness (QED) is 0.757. The third kappa shape index (κ3) is 5.24. The van der Waals surface area contributed by atoms with Crippen LogP contribution >= 0.6 is 11.6 Å². The lowest BCUT2D eigenvalue weighted by Crippen LogP contribution is -2.32. The molecule has 0 saturated carbocycles. The van der Waals surface area contributed by atoms with Crippen LogP contribution in [0.4, 0.5) is 5.69 Å². The summed E-state index contributed by atoms with van der Waals surface area (Å²) in [6.07, 6.45) is 4.97. The smallest absolute Gasteiger partial charge is 0.228 e. The van der Waals surface area contributed by atoms with Crippen LogP contribution in [0.1, 0.15) is 19.8 Å². The van der Waals surface area contributed by atoms with Crippen molar-refractivity contribution in [3.8, 4) is 6.07 Å². The lowest BCUT2D eigenvalue weighted by atomic mass is 10.2. The summed E-state index contributed by atoms with van der Waals surface area (Å²) in [5.41, 5.74) is 0.972. The van der Waals surface area contributed by atoms with Gasteiger partial charge in [-0.15, -0.1) is 0 Å². The fraction of sp³-hybridized carbons (Fsp3) is 0.286. The normalized spacial score (nSPS) is 10.6. The van der Waals surface area contributed by atoms with Crippen LogP contribution in [-0.2, 0) is 4.79 Å². The van der Waals surface area contributed by atoms with E-state index in [0.29, 0.717) is 12.2 Å². The second-order valence-corrected chi connectivity index (χ2v) is 4.40. The van der Waals surface area contributed by atoms with E-state index in [1.165, 1.54) is 11.1 Å². The number of carbonyl (C=O) groups excluding carboxylic acids is 1. The third-order valence-electron chi connectivity index (χ3n) is 2.62. The largest absolute Gasteiger partial charge is 0.358 e. The predicted octanol–water partition coefficient (Wildman–Crippen LogP) is 2.70. The number of pyridine rings is 1. The molecule has 0 aromatic carbocycles. The van der Waals surface area contributed by atoms with Crippen molar-refractivity contribution in [1.29, 1.82) is 10.7 Å². The Kier molecular flexibility index (Phi) is 6.92. The maximum atomic E-state index is 12.0. The number of anilines is 1. The molecule has 0 spiro atoms. The summed E-state index contributed by atoms with van der Waals surface area (Å²) in [5.74, 6) is -0.247. The molecule has 1 heterocycles. The number of nitrogens with one attached hydrogen (secondary N) is 2. The molecule has 0 atom stereocenters. The monoisotopic (exact) mass is 305 g/mol. The first-order chi connectivity index (χ1) is 10.1. The summed E-state index contributed by atoms with van der Waals surface area (Å²) in [6, 6.07) is 5.49. The molecule has 110 valence electrons. The van der Waals surface area contributed by atoms with E-state index in [9.17, 15) is 4.79 Å². The van der Waals surface area contributed by atoms with Crippen LogP contribution in [-0.4, -0.2) is 27.5 Å². The van der Waals surface area contributed by atoms with Gasteiger partial charge in [0.25, 0.3) is 0 Å². The molecule has 2 N–H and O–H groups in total. The van der Waals surface area contributed by atoms with Crippen molar-refractivity contribution in [2.45, 2.75) is 19.8 Å². The maximum absolute atomic E-state index is 12.0. The Balaban J connectivity index is 2.90. The summed E-state index contributed by atoms with van der Waals surface area (Å²) in [7, 11) is 0. The van der Waals surface area contributed by atoms with Gasteiger partial charge in [0.1, 0.15) is 5.17 Å². The summed E-state index contributed by atoms with van der Waals surface area (Å²) < 4.78 is 0. The first-order valence-electron chi connectivity index (χ1n) is 6.38. The highest BCUT2D eigenvalue weighted by atomic mass is 35.5. The summed E-state index contributed by atoms with van der Waals surface area (Å²) in [6.45, 7) is 2.14. The lowest BCUT2D eigenvalue weighted by molar-refractivity contribution is -0.128. The van der Waals surface area contributed by atoms with E-state index in [1.54, 1.807) is 31.5 Å². The van der Waals surface area contributed by atoms with E-state index in [4.69, 9.17) is 22.3 Å². The Labute approximate surface area is 128 Å². The molecule has 0 bridgehead atoms. The van der Waals surface area contributed by atoms with E-state index in [0.717, 1.165) is 0 Å². The number of carbonyl (C=O) groups is 1. The number of nitriles is 1. The molecule has 0 radical (unpaired) electrons. The van der Waals surface area contributed by atoms with Crippen molar-refractivity contribution >= 4 is 28.4 Å². The van der Waals surface area contributed by atoms with E-state index in [1.807, 2.05) is 6.07 Å². The van der Waals surface area contributed by atoms with Crippen molar-refractivity contribution in [2.24, 2.45) is 0 Å². The topological polar surface area (TPSA) is 92.9 Å². The van der Waals surface area contributed by atoms with Gasteiger partial charge in [0.15, 0.2) is 0 Å². The average Bonchev–Trinajstić information content (AvgIpc) is 2.49. The second kappa shape index (κ2) is 8.72. The van der Waals surface area contributed by atoms with Crippen LogP contribution in [0.2, 0.25) is 0 Å². The number of amides is 1. The van der Waals surface area contributed by atoms with E-state index >= 15 is 0 Å². The van der Waals surface area contributed by atoms with Gasteiger partial charge < -0.3 is 10.2 Å². The number of halogens is 1. The molecule has 1 rings (SSSR count). The molecular formula is C14H16ClN5O. The zero-order chi connectivity index (χ0) is 15.7. The SMILES string of the molecule is CCN(C(=O)CCC#N)/C(=C/Nc1cccnc1)C(=N)Cl. The fourth-order valence-electron chi connectivity index (χ4n) is 1.64. The minimum atomic E-state index is -0.251. The van der Waals surface area contributed by atoms with Crippen LogP contribution in [0.25, 0.3) is 0 Å². The first-order valence-corrected chi connectivity index (χ1v) is 6.76. The number of allylic oxidation sites excluding steroid dienone is 1. The van der Waals surface area contributed by atoms with Crippen LogP contribution < -0.4 is 5.32 Å². The number of aromatic nitrogens is 1. The van der Waals surface area contributed by atoms with Crippen LogP contribution in [0.3, 0.4) is 0 Å². The molecule has 1 aromatic heterocycles. The summed E-state index contributed by atoms with van der Waals surface area (Å²) in [4.78, 5) is 17.4. The molecular weight excluding hydrogens is 290 g/mol. The minimum Gasteiger partial charge on any atom is -0.358 e. The van der Waals surface area contributed by atoms with Gasteiger partial charge in [0.05, 0.1) is 23.7 Å². The Morgan fingerprint density at radius 1 is 1.67 bits per heavy atom. The average molecular weight is 306 g/mol. The van der Waals surface area contributed by atoms with E-state index < -0.39 is 0 Å². The zero-order valence-electron chi connectivity index (χ0n) is 11.6. The van der Waals surface area contributed by atoms with Crippen molar-refractivity contribution < 1.29 is 4.79 Å². The van der Waals surface area contributed by atoms with Crippen LogP contribution in [0.15, 0.2) is 36.4 Å². The first kappa shape index (κ1) is 16.7. The van der Waals surface area contributed by atoms with Crippen LogP contribution in [0.5, 0.6) is 0 Å². The highest BCUT2D eigenvalue weighted by Crippen LogP contribution is 2.13. The number of hydrogen-bond donors (Lipinski definition) is 2. The minimum absolute atomic E-state index is 0.0960. The van der Waals surface area contributed by atoms with Crippen LogP contribution in [0, 0.1) is 16.7 Å². The molecule has 0 saturated heterocycles. The molecule has 7 heteroatoms. The number of hydrogen-bond acceptors (Lipinski definition) is 5. The molecule has 6 nitrogen and oxygen atoms in total. The molecule has 0 fully saturated rings. The molecule has 0 aliphatic heterocycles. The Hall–Kier alpha value is -2.39. The molecule has 1 aromatic rings. The van der Waals surface area contributed by atoms with Gasteiger partial charge in [-0.25, -0.2) is 0 Å². The zero-order valence-corrected chi connectivity index (χ0v) is 12.4. The van der Waals surface area contributed by atoms with Crippen molar-refractivity contribution in [3.05, 3.63) is 36.4 Å². The summed E-state index contributed by atoms with van der Waals surface area (Å²) in [5, 5.41) is 18.8. The van der Waals surface area contributed by atoms with Crippen molar-refractivity contribution in [3.63, 3.8) is 0 Å². The fourth-order valence-corrected chi connectivity index (χ4v) is 1.80. The molecule has 0 aliphatic rings. The number of rotatable bonds is 7. The predicted molar refractivity (Wildman–Crippen MR) is 81.8 cm³/mol.